The SMILES string of the molecule is O=C(Nc1cc(-c2cnc(N3CCNCC3)nc2)c(F)cc1N1CCOCC1)c1c[nH]c(=O)cc1C(F)(F)F. The van der Waals surface area contributed by atoms with Crippen LogP contribution in [0.5, 0.6) is 0 Å². The number of nitrogens with zero attached hydrogens (tertiary/aromatic N) is 4. The van der Waals surface area contributed by atoms with E-state index < -0.39 is 34.6 Å². The molecule has 0 bridgehead atoms. The Hall–Kier alpha value is -4.04. The van der Waals surface area contributed by atoms with Crippen molar-refractivity contribution in [3.8, 4) is 11.1 Å². The maximum Gasteiger partial charge on any atom is 0.417 e. The molecule has 0 radical (unpaired) electrons. The third-order valence-corrected chi connectivity index (χ3v) is 6.51. The van der Waals surface area contributed by atoms with Crippen LogP contribution in [0.4, 0.5) is 34.9 Å². The van der Waals surface area contributed by atoms with Crippen LogP contribution in [0.2, 0.25) is 0 Å². The standard InChI is InChI=1S/C25H25F4N7O3/c26-19-11-21(35-5-7-39-8-6-35)20(34-23(38)17-14-31-22(37)10-18(17)25(27,28)29)9-16(19)15-12-32-24(33-13-15)36-3-1-30-2-4-36/h9-14,30H,1-8H2,(H,31,37)(H,34,38). The molecule has 2 aromatic heterocycles. The molecule has 1 aromatic carbocycles. The van der Waals surface area contributed by atoms with Crippen molar-refractivity contribution in [2.45, 2.75) is 6.18 Å². The van der Waals surface area contributed by atoms with Crippen molar-refractivity contribution in [3.05, 3.63) is 64.1 Å². The molecule has 206 valence electrons. The summed E-state index contributed by atoms with van der Waals surface area (Å²) in [6.45, 7) is 4.51. The Bertz CT molecular complexity index is 1400. The molecule has 3 aromatic rings. The summed E-state index contributed by atoms with van der Waals surface area (Å²) in [6.07, 6.45) is -1.30. The summed E-state index contributed by atoms with van der Waals surface area (Å²) in [4.78, 5) is 39.2. The molecule has 14 heteroatoms. The van der Waals surface area contributed by atoms with E-state index in [4.69, 9.17) is 4.74 Å². The molecule has 0 unspecified atom stereocenters. The number of carbonyl (C=O) groups is 1. The third kappa shape index (κ3) is 5.86. The monoisotopic (exact) mass is 547 g/mol. The molecule has 10 nitrogen and oxygen atoms in total. The van der Waals surface area contributed by atoms with Crippen LogP contribution in [0.1, 0.15) is 15.9 Å². The first-order valence-corrected chi connectivity index (χ1v) is 12.3. The molecule has 0 aliphatic carbocycles. The van der Waals surface area contributed by atoms with Gasteiger partial charge >= 0.3 is 6.18 Å². The number of amides is 1. The second kappa shape index (κ2) is 11.0. The summed E-state index contributed by atoms with van der Waals surface area (Å²) in [5, 5.41) is 5.73. The number of carbonyl (C=O) groups excluding carboxylic acids is 1. The van der Waals surface area contributed by atoms with Crippen LogP contribution in [-0.4, -0.2) is 73.3 Å². The van der Waals surface area contributed by atoms with Gasteiger partial charge in [0.15, 0.2) is 0 Å². The first-order chi connectivity index (χ1) is 18.7. The number of H-pyrrole nitrogens is 1. The number of aromatic nitrogens is 3. The molecule has 3 N–H and O–H groups in total. The number of hydrogen-bond acceptors (Lipinski definition) is 8. The fourth-order valence-electron chi connectivity index (χ4n) is 4.52. The van der Waals surface area contributed by atoms with Gasteiger partial charge in [0.1, 0.15) is 5.82 Å². The maximum absolute atomic E-state index is 15.4. The van der Waals surface area contributed by atoms with Gasteiger partial charge in [0, 0.05) is 75.1 Å². The van der Waals surface area contributed by atoms with Crippen molar-refractivity contribution in [3.63, 3.8) is 0 Å². The van der Waals surface area contributed by atoms with E-state index in [0.29, 0.717) is 50.1 Å². The number of alkyl halides is 3. The number of pyridine rings is 1. The second-order valence-electron chi connectivity index (χ2n) is 9.03. The third-order valence-electron chi connectivity index (χ3n) is 6.51. The van der Waals surface area contributed by atoms with Gasteiger partial charge in [-0.05, 0) is 12.1 Å². The molecule has 2 fully saturated rings. The van der Waals surface area contributed by atoms with Gasteiger partial charge in [-0.25, -0.2) is 14.4 Å². The lowest BCUT2D eigenvalue weighted by Crippen LogP contribution is -2.44. The van der Waals surface area contributed by atoms with Crippen LogP contribution in [0.25, 0.3) is 11.1 Å². The van der Waals surface area contributed by atoms with Gasteiger partial charge in [-0.2, -0.15) is 13.2 Å². The Morgan fingerprint density at radius 1 is 1.00 bits per heavy atom. The first-order valence-electron chi connectivity index (χ1n) is 12.3. The minimum absolute atomic E-state index is 0.0617. The zero-order chi connectivity index (χ0) is 27.6. The Kier molecular flexibility index (Phi) is 7.48. The van der Waals surface area contributed by atoms with E-state index in [1.807, 2.05) is 4.90 Å². The van der Waals surface area contributed by atoms with Crippen LogP contribution < -0.4 is 26.0 Å². The number of aromatic amines is 1. The molecular weight excluding hydrogens is 522 g/mol. The lowest BCUT2D eigenvalue weighted by molar-refractivity contribution is -0.138. The average molecular weight is 548 g/mol. The van der Waals surface area contributed by atoms with E-state index in [1.165, 1.54) is 24.5 Å². The van der Waals surface area contributed by atoms with Crippen molar-refractivity contribution < 1.29 is 27.1 Å². The highest BCUT2D eigenvalue weighted by atomic mass is 19.4. The summed E-state index contributed by atoms with van der Waals surface area (Å²) < 4.78 is 61.5. The number of ether oxygens (including phenoxy) is 1. The number of morpholine rings is 1. The Labute approximate surface area is 220 Å². The van der Waals surface area contributed by atoms with E-state index >= 15 is 4.39 Å². The molecule has 39 heavy (non-hydrogen) atoms. The van der Waals surface area contributed by atoms with Crippen molar-refractivity contribution >= 4 is 23.2 Å². The summed E-state index contributed by atoms with van der Waals surface area (Å²) >= 11 is 0. The predicted molar refractivity (Wildman–Crippen MR) is 136 cm³/mol. The van der Waals surface area contributed by atoms with E-state index in [1.54, 1.807) is 4.90 Å². The van der Waals surface area contributed by atoms with Crippen LogP contribution in [0, 0.1) is 5.82 Å². The molecule has 2 saturated heterocycles. The van der Waals surface area contributed by atoms with Gasteiger partial charge in [-0.15, -0.1) is 0 Å². The summed E-state index contributed by atoms with van der Waals surface area (Å²) in [6, 6.07) is 2.89. The Morgan fingerprint density at radius 2 is 1.69 bits per heavy atom. The first kappa shape index (κ1) is 26.6. The smallest absolute Gasteiger partial charge is 0.378 e. The zero-order valence-corrected chi connectivity index (χ0v) is 20.6. The van der Waals surface area contributed by atoms with Crippen LogP contribution in [0.3, 0.4) is 0 Å². The van der Waals surface area contributed by atoms with E-state index in [9.17, 15) is 22.8 Å². The highest BCUT2D eigenvalue weighted by Gasteiger charge is 2.36. The number of piperazine rings is 1. The molecule has 4 heterocycles. The van der Waals surface area contributed by atoms with Gasteiger partial charge in [0.2, 0.25) is 11.5 Å². The molecule has 5 rings (SSSR count). The fraction of sp³-hybridized carbons (Fsp3) is 0.360. The number of anilines is 3. The van der Waals surface area contributed by atoms with Gasteiger partial charge in [-0.1, -0.05) is 0 Å². The average Bonchev–Trinajstić information content (AvgIpc) is 2.94. The van der Waals surface area contributed by atoms with Gasteiger partial charge in [-0.3, -0.25) is 9.59 Å². The highest BCUT2D eigenvalue weighted by molar-refractivity contribution is 6.07. The molecule has 0 saturated carbocycles. The molecule has 0 spiro atoms. The number of benzene rings is 1. The van der Waals surface area contributed by atoms with Crippen molar-refractivity contribution in [2.75, 3.05) is 67.6 Å². The minimum Gasteiger partial charge on any atom is -0.378 e. The van der Waals surface area contributed by atoms with Crippen LogP contribution in [-0.2, 0) is 10.9 Å². The Morgan fingerprint density at radius 3 is 2.36 bits per heavy atom. The van der Waals surface area contributed by atoms with Crippen molar-refractivity contribution in [1.29, 1.82) is 0 Å². The van der Waals surface area contributed by atoms with E-state index in [-0.39, 0.29) is 16.9 Å². The maximum atomic E-state index is 15.4. The summed E-state index contributed by atoms with van der Waals surface area (Å²) in [5.41, 5.74) is -2.39. The van der Waals surface area contributed by atoms with E-state index in [2.05, 4.69) is 25.6 Å². The minimum atomic E-state index is -4.94. The molecule has 2 aliphatic heterocycles. The van der Waals surface area contributed by atoms with Crippen LogP contribution >= 0.6 is 0 Å². The van der Waals surface area contributed by atoms with Crippen LogP contribution in [0.15, 0.2) is 41.6 Å². The number of nitrogens with one attached hydrogen (secondary N) is 3. The van der Waals surface area contributed by atoms with Gasteiger partial charge in [0.05, 0.1) is 35.7 Å². The lowest BCUT2D eigenvalue weighted by Gasteiger charge is -2.31. The fourth-order valence-corrected chi connectivity index (χ4v) is 4.52. The number of rotatable bonds is 5. The Balaban J connectivity index is 1.51. The normalized spacial score (nSPS) is 16.3. The molecule has 1 amide bonds. The molecule has 0 atom stereocenters. The predicted octanol–water partition coefficient (Wildman–Crippen LogP) is 2.49. The number of halogens is 4. The summed E-state index contributed by atoms with van der Waals surface area (Å²) in [5.74, 6) is -1.24. The largest absolute Gasteiger partial charge is 0.417 e. The zero-order valence-electron chi connectivity index (χ0n) is 20.6. The van der Waals surface area contributed by atoms with Gasteiger partial charge in [0.25, 0.3) is 5.91 Å². The van der Waals surface area contributed by atoms with Gasteiger partial charge < -0.3 is 30.2 Å². The quantitative estimate of drug-likeness (QED) is 0.418. The topological polar surface area (TPSA) is 115 Å². The lowest BCUT2D eigenvalue weighted by atomic mass is 10.0. The molecule has 2 aliphatic rings. The van der Waals surface area contributed by atoms with Crippen molar-refractivity contribution in [2.24, 2.45) is 0 Å². The molecular formula is C25H25F4N7O3. The second-order valence-corrected chi connectivity index (χ2v) is 9.03. The van der Waals surface area contributed by atoms with Crippen molar-refractivity contribution in [1.82, 2.24) is 20.3 Å². The number of hydrogen-bond donors (Lipinski definition) is 3. The highest BCUT2D eigenvalue weighted by Crippen LogP contribution is 2.36. The van der Waals surface area contributed by atoms with E-state index in [0.717, 1.165) is 26.2 Å². The summed E-state index contributed by atoms with van der Waals surface area (Å²) in [7, 11) is 0.